The molecular formula is C27H32FN3O7. The first-order chi connectivity index (χ1) is 17.9. The van der Waals surface area contributed by atoms with Gasteiger partial charge >= 0.3 is 0 Å². The number of Topliss-reactive ketones (excluding diaryl/α,β-unsaturated/α-hetero) is 2. The van der Waals surface area contributed by atoms with Gasteiger partial charge in [-0.05, 0) is 64.2 Å². The Morgan fingerprint density at radius 1 is 1.24 bits per heavy atom. The molecule has 4 aliphatic rings. The van der Waals surface area contributed by atoms with Gasteiger partial charge in [0.2, 0.25) is 5.78 Å². The number of phenols is 1. The van der Waals surface area contributed by atoms with Crippen LogP contribution in [0.15, 0.2) is 28.7 Å². The third-order valence-corrected chi connectivity index (χ3v) is 8.70. The lowest BCUT2D eigenvalue weighted by Crippen LogP contribution is -2.63. The number of aliphatic hydroxyl groups excluding tert-OH is 2. The topological polar surface area (TPSA) is 173 Å². The Hall–Kier alpha value is -3.28. The molecule has 38 heavy (non-hydrogen) atoms. The molecule has 0 heterocycles. The molecule has 204 valence electrons. The molecular weight excluding hydrogens is 497 g/mol. The zero-order valence-electron chi connectivity index (χ0n) is 21.3. The second-order valence-corrected chi connectivity index (χ2v) is 11.1. The Morgan fingerprint density at radius 3 is 2.50 bits per heavy atom. The van der Waals surface area contributed by atoms with E-state index in [1.165, 1.54) is 17.4 Å². The third-order valence-electron chi connectivity index (χ3n) is 8.70. The lowest BCUT2D eigenvalue weighted by atomic mass is 9.58. The lowest BCUT2D eigenvalue weighted by molar-refractivity contribution is -0.148. The van der Waals surface area contributed by atoms with Crippen molar-refractivity contribution in [3.8, 4) is 5.75 Å². The van der Waals surface area contributed by atoms with E-state index in [1.807, 2.05) is 0 Å². The number of aromatic hydroxyl groups is 1. The number of rotatable bonds is 6. The van der Waals surface area contributed by atoms with Crippen LogP contribution in [-0.2, 0) is 22.6 Å². The van der Waals surface area contributed by atoms with E-state index < -0.39 is 69.6 Å². The van der Waals surface area contributed by atoms with Crippen LogP contribution < -0.4 is 11.1 Å². The number of halogens is 1. The van der Waals surface area contributed by atoms with Gasteiger partial charge in [0.15, 0.2) is 11.4 Å². The number of nitrogens with zero attached hydrogens (tertiary/aromatic N) is 1. The molecule has 1 fully saturated rings. The maximum absolute atomic E-state index is 15.7. The molecule has 4 aliphatic carbocycles. The van der Waals surface area contributed by atoms with Gasteiger partial charge in [-0.25, -0.2) is 4.39 Å². The first-order valence-corrected chi connectivity index (χ1v) is 12.8. The number of primary amides is 1. The standard InChI is InChI=1S/C27H32FN3O7/c1-31(2)21-15-7-12-6-14-18(16(32)8-13(20(14)28)10-30-9-11-4-3-5-11)22(33)17(12)24(35)27(15,38)25(36)19(23(21)34)26(29)37/h8,11-12,15,21,30,32,34-35,38H,3-7,9-10H2,1-2H3,(H2,29,37)/t12-,15-,21-,27-/m0/s1. The van der Waals surface area contributed by atoms with E-state index >= 15 is 4.39 Å². The summed E-state index contributed by atoms with van der Waals surface area (Å²) in [5.74, 6) is -7.63. The largest absolute Gasteiger partial charge is 0.510 e. The Labute approximate surface area is 218 Å². The van der Waals surface area contributed by atoms with Crippen LogP contribution in [-0.4, -0.2) is 75.1 Å². The number of hydrogen-bond acceptors (Lipinski definition) is 9. The SMILES string of the molecule is CN(C)[C@@H]1C(O)=C(C(N)=O)C(=O)[C@@]2(O)C(O)=C3C(=O)c4c(O)cc(CNCC5CCC5)c(F)c4C[C@H]3C[C@@H]12. The number of benzene rings is 1. The van der Waals surface area contributed by atoms with Crippen molar-refractivity contribution in [1.29, 1.82) is 0 Å². The van der Waals surface area contributed by atoms with E-state index in [0.29, 0.717) is 5.92 Å². The molecule has 11 heteroatoms. The fourth-order valence-electron chi connectivity index (χ4n) is 6.59. The van der Waals surface area contributed by atoms with Crippen molar-refractivity contribution in [2.45, 2.75) is 50.3 Å². The summed E-state index contributed by atoms with van der Waals surface area (Å²) in [6.07, 6.45) is 3.26. The summed E-state index contributed by atoms with van der Waals surface area (Å²) < 4.78 is 15.7. The Morgan fingerprint density at radius 2 is 1.92 bits per heavy atom. The smallest absolute Gasteiger partial charge is 0.255 e. The average Bonchev–Trinajstić information content (AvgIpc) is 2.80. The second kappa shape index (κ2) is 9.18. The van der Waals surface area contributed by atoms with E-state index in [-0.39, 0.29) is 41.6 Å². The zero-order valence-corrected chi connectivity index (χ0v) is 21.3. The van der Waals surface area contributed by atoms with E-state index in [4.69, 9.17) is 5.73 Å². The van der Waals surface area contributed by atoms with E-state index in [2.05, 4.69) is 5.32 Å². The molecule has 0 saturated heterocycles. The fourth-order valence-corrected chi connectivity index (χ4v) is 6.59. The number of carbonyl (C=O) groups excluding carboxylic acids is 3. The summed E-state index contributed by atoms with van der Waals surface area (Å²) in [5, 5.41) is 47.6. The highest BCUT2D eigenvalue weighted by molar-refractivity contribution is 6.24. The summed E-state index contributed by atoms with van der Waals surface area (Å²) >= 11 is 0. The number of hydrogen-bond donors (Lipinski definition) is 6. The molecule has 1 saturated carbocycles. The fraction of sp³-hybridized carbons (Fsp3) is 0.519. The van der Waals surface area contributed by atoms with Gasteiger partial charge in [0.05, 0.1) is 11.6 Å². The van der Waals surface area contributed by atoms with Crippen LogP contribution in [0.1, 0.15) is 47.2 Å². The summed E-state index contributed by atoms with van der Waals surface area (Å²) in [7, 11) is 3.10. The van der Waals surface area contributed by atoms with Crippen molar-refractivity contribution in [3.05, 3.63) is 51.2 Å². The number of aliphatic hydroxyl groups is 3. The molecule has 5 rings (SSSR count). The van der Waals surface area contributed by atoms with Crippen LogP contribution in [0.25, 0.3) is 0 Å². The number of nitrogens with two attached hydrogens (primary N) is 1. The number of phenolic OH excluding ortho intramolecular Hbond substituents is 1. The van der Waals surface area contributed by atoms with Crippen LogP contribution >= 0.6 is 0 Å². The minimum Gasteiger partial charge on any atom is -0.510 e. The first-order valence-electron chi connectivity index (χ1n) is 12.8. The van der Waals surface area contributed by atoms with Gasteiger partial charge in [-0.1, -0.05) is 6.42 Å². The van der Waals surface area contributed by atoms with Crippen molar-refractivity contribution < 1.29 is 39.2 Å². The Kier molecular flexibility index (Phi) is 6.36. The number of fused-ring (bicyclic) bond motifs is 3. The highest BCUT2D eigenvalue weighted by atomic mass is 19.1. The van der Waals surface area contributed by atoms with E-state index in [0.717, 1.165) is 19.4 Å². The summed E-state index contributed by atoms with van der Waals surface area (Å²) in [4.78, 5) is 40.3. The van der Waals surface area contributed by atoms with Crippen LogP contribution in [0.3, 0.4) is 0 Å². The lowest BCUT2D eigenvalue weighted by Gasteiger charge is -2.50. The van der Waals surface area contributed by atoms with Crippen LogP contribution in [0.5, 0.6) is 5.75 Å². The molecule has 1 amide bonds. The van der Waals surface area contributed by atoms with Gasteiger partial charge in [0.1, 0.15) is 28.7 Å². The molecule has 1 aromatic carbocycles. The first kappa shape index (κ1) is 26.3. The summed E-state index contributed by atoms with van der Waals surface area (Å²) in [5.41, 5.74) is 1.31. The van der Waals surface area contributed by atoms with Gasteiger partial charge in [-0.3, -0.25) is 19.3 Å². The number of nitrogens with one attached hydrogen (secondary N) is 1. The van der Waals surface area contributed by atoms with Crippen molar-refractivity contribution in [3.63, 3.8) is 0 Å². The summed E-state index contributed by atoms with van der Waals surface area (Å²) in [6, 6.07) is 0.0819. The summed E-state index contributed by atoms with van der Waals surface area (Å²) in [6.45, 7) is 0.897. The number of allylic oxidation sites excluding steroid dienone is 1. The molecule has 10 nitrogen and oxygen atoms in total. The number of carbonyl (C=O) groups is 3. The van der Waals surface area contributed by atoms with Crippen LogP contribution in [0, 0.1) is 23.6 Å². The Balaban J connectivity index is 1.58. The molecule has 7 N–H and O–H groups in total. The molecule has 0 bridgehead atoms. The zero-order chi connectivity index (χ0) is 27.7. The molecule has 0 spiro atoms. The number of amides is 1. The average molecular weight is 530 g/mol. The maximum atomic E-state index is 15.7. The second-order valence-electron chi connectivity index (χ2n) is 11.1. The quantitative estimate of drug-likeness (QED) is 0.296. The van der Waals surface area contributed by atoms with Gasteiger partial charge < -0.3 is 31.5 Å². The van der Waals surface area contributed by atoms with Gasteiger partial charge in [-0.15, -0.1) is 0 Å². The molecule has 1 aromatic rings. The van der Waals surface area contributed by atoms with Gasteiger partial charge in [0, 0.05) is 29.2 Å². The monoisotopic (exact) mass is 529 g/mol. The van der Waals surface area contributed by atoms with Crippen molar-refractivity contribution in [1.82, 2.24) is 10.2 Å². The number of ketones is 2. The Bertz CT molecular complexity index is 1320. The van der Waals surface area contributed by atoms with Crippen LogP contribution in [0.2, 0.25) is 0 Å². The molecule has 0 radical (unpaired) electrons. The molecule has 4 atom stereocenters. The van der Waals surface area contributed by atoms with Crippen molar-refractivity contribution >= 4 is 17.5 Å². The minimum absolute atomic E-state index is 0.00330. The third kappa shape index (κ3) is 3.67. The normalized spacial score (nSPS) is 29.2. The number of likely N-dealkylation sites (N-methyl/N-ethyl adjacent to an activating group) is 1. The highest BCUT2D eigenvalue weighted by Crippen LogP contribution is 2.52. The minimum atomic E-state index is -2.72. The highest BCUT2D eigenvalue weighted by Gasteiger charge is 2.63. The molecule has 0 aliphatic heterocycles. The van der Waals surface area contributed by atoms with E-state index in [1.54, 1.807) is 14.1 Å². The van der Waals surface area contributed by atoms with Gasteiger partial charge in [-0.2, -0.15) is 0 Å². The molecule has 0 unspecified atom stereocenters. The predicted octanol–water partition coefficient (Wildman–Crippen LogP) is 1.15. The van der Waals surface area contributed by atoms with E-state index in [9.17, 15) is 34.8 Å². The van der Waals surface area contributed by atoms with Crippen molar-refractivity contribution in [2.24, 2.45) is 23.5 Å². The van der Waals surface area contributed by atoms with Crippen LogP contribution in [0.4, 0.5) is 4.39 Å². The maximum Gasteiger partial charge on any atom is 0.255 e. The molecule has 0 aromatic heterocycles. The van der Waals surface area contributed by atoms with Gasteiger partial charge in [0.25, 0.3) is 5.91 Å². The van der Waals surface area contributed by atoms with Crippen molar-refractivity contribution in [2.75, 3.05) is 20.6 Å². The predicted molar refractivity (Wildman–Crippen MR) is 133 cm³/mol.